The zero-order chi connectivity index (χ0) is 17.3. The topological polar surface area (TPSA) is 58.5 Å². The lowest BCUT2D eigenvalue weighted by Gasteiger charge is -2.60. The van der Waals surface area contributed by atoms with Gasteiger partial charge in [-0.15, -0.1) is 35.3 Å². The summed E-state index contributed by atoms with van der Waals surface area (Å²) in [6.45, 7) is 10.5. The first kappa shape index (κ1) is 20.9. The number of aromatic nitrogens is 1. The monoisotopic (exact) mass is 478 g/mol. The number of ether oxygens (including phenoxy) is 1. The van der Waals surface area contributed by atoms with Crippen molar-refractivity contribution in [2.24, 2.45) is 16.3 Å². The molecule has 1 aromatic rings. The van der Waals surface area contributed by atoms with E-state index in [9.17, 15) is 0 Å². The summed E-state index contributed by atoms with van der Waals surface area (Å²) in [5.74, 6) is 1.51. The van der Waals surface area contributed by atoms with Gasteiger partial charge in [-0.05, 0) is 26.7 Å². The first-order valence-electron chi connectivity index (χ1n) is 8.95. The fourth-order valence-electron chi connectivity index (χ4n) is 4.26. The fourth-order valence-corrected chi connectivity index (χ4v) is 5.19. The Kier molecular flexibility index (Phi) is 7.12. The third kappa shape index (κ3) is 4.30. The molecule has 2 fully saturated rings. The Hall–Kier alpha value is -0.410. The van der Waals surface area contributed by atoms with Crippen LogP contribution in [0.1, 0.15) is 42.3 Å². The molecule has 7 heteroatoms. The van der Waals surface area contributed by atoms with Crippen molar-refractivity contribution in [2.75, 3.05) is 20.2 Å². The molecule has 1 saturated heterocycles. The molecule has 2 aliphatic rings. The maximum atomic E-state index is 5.99. The Balaban J connectivity index is 0.00000225. The van der Waals surface area contributed by atoms with Crippen LogP contribution in [-0.4, -0.2) is 43.3 Å². The second-order valence-electron chi connectivity index (χ2n) is 7.53. The molecular formula is C18H31IN4OS. The van der Waals surface area contributed by atoms with E-state index in [1.165, 1.54) is 17.7 Å². The second kappa shape index (κ2) is 8.52. The van der Waals surface area contributed by atoms with Crippen molar-refractivity contribution >= 4 is 41.3 Å². The van der Waals surface area contributed by atoms with E-state index in [-0.39, 0.29) is 29.4 Å². The summed E-state index contributed by atoms with van der Waals surface area (Å²) in [6.07, 6.45) is 3.80. The maximum absolute atomic E-state index is 5.99. The van der Waals surface area contributed by atoms with Gasteiger partial charge < -0.3 is 15.4 Å². The van der Waals surface area contributed by atoms with Crippen molar-refractivity contribution in [1.82, 2.24) is 15.6 Å². The summed E-state index contributed by atoms with van der Waals surface area (Å²) >= 11 is 1.79. The maximum Gasteiger partial charge on any atom is 0.191 e. The first-order valence-corrected chi connectivity index (χ1v) is 9.77. The summed E-state index contributed by atoms with van der Waals surface area (Å²) in [6, 6.07) is 0.432. The van der Waals surface area contributed by atoms with Crippen LogP contribution in [0.3, 0.4) is 0 Å². The molecule has 1 saturated carbocycles. The molecule has 0 amide bonds. The molecule has 25 heavy (non-hydrogen) atoms. The van der Waals surface area contributed by atoms with Gasteiger partial charge in [0, 0.05) is 48.9 Å². The Morgan fingerprint density at radius 3 is 2.80 bits per heavy atom. The SMILES string of the molecule is CN=C(NCCc1sc(C)nc1C)NC1C2CCCOC2C1(C)C.I. The number of nitrogens with zero attached hydrogens (tertiary/aromatic N) is 2. The van der Waals surface area contributed by atoms with Crippen LogP contribution in [0, 0.1) is 25.2 Å². The normalized spacial score (nSPS) is 27.7. The van der Waals surface area contributed by atoms with Gasteiger partial charge in [-0.3, -0.25) is 4.99 Å². The van der Waals surface area contributed by atoms with E-state index in [0.29, 0.717) is 18.1 Å². The molecule has 1 aliphatic heterocycles. The molecule has 142 valence electrons. The third-order valence-electron chi connectivity index (χ3n) is 5.49. The van der Waals surface area contributed by atoms with Crippen LogP contribution in [0.2, 0.25) is 0 Å². The van der Waals surface area contributed by atoms with Gasteiger partial charge in [0.1, 0.15) is 0 Å². The summed E-state index contributed by atoms with van der Waals surface area (Å²) in [5.41, 5.74) is 1.32. The van der Waals surface area contributed by atoms with Gasteiger partial charge in [0.15, 0.2) is 5.96 Å². The van der Waals surface area contributed by atoms with Crippen LogP contribution >= 0.6 is 35.3 Å². The minimum Gasteiger partial charge on any atom is -0.377 e. The highest BCUT2D eigenvalue weighted by Crippen LogP contribution is 2.51. The number of aryl methyl sites for hydroxylation is 2. The predicted octanol–water partition coefficient (Wildman–Crippen LogP) is 3.29. The number of rotatable bonds is 4. The van der Waals surface area contributed by atoms with Crippen LogP contribution in [0.4, 0.5) is 0 Å². The van der Waals surface area contributed by atoms with Crippen molar-refractivity contribution < 1.29 is 4.74 Å². The largest absolute Gasteiger partial charge is 0.377 e. The molecular weight excluding hydrogens is 447 g/mol. The first-order chi connectivity index (χ1) is 11.4. The number of guanidine groups is 1. The Bertz CT molecular complexity index is 616. The van der Waals surface area contributed by atoms with Crippen molar-refractivity contribution in [1.29, 1.82) is 0 Å². The van der Waals surface area contributed by atoms with E-state index in [0.717, 1.165) is 36.2 Å². The number of thiazole rings is 1. The molecule has 1 aromatic heterocycles. The number of hydrogen-bond donors (Lipinski definition) is 2. The van der Waals surface area contributed by atoms with Gasteiger partial charge in [0.25, 0.3) is 0 Å². The standard InChI is InChI=1S/C18H30N4OS.HI/c1-11-14(24-12(2)21-11)8-9-20-17(19-5)22-15-13-7-6-10-23-16(13)18(15,3)4;/h13,15-16H,6-10H2,1-5H3,(H2,19,20,22);1H. The molecule has 3 atom stereocenters. The molecule has 0 aromatic carbocycles. The molecule has 2 N–H and O–H groups in total. The Labute approximate surface area is 172 Å². The van der Waals surface area contributed by atoms with Gasteiger partial charge in [0.2, 0.25) is 0 Å². The van der Waals surface area contributed by atoms with Gasteiger partial charge in [-0.1, -0.05) is 13.8 Å². The second-order valence-corrected chi connectivity index (χ2v) is 8.82. The quantitative estimate of drug-likeness (QED) is 0.396. The van der Waals surface area contributed by atoms with Crippen LogP contribution in [0.15, 0.2) is 4.99 Å². The van der Waals surface area contributed by atoms with E-state index in [1.807, 2.05) is 7.05 Å². The molecule has 1 aliphatic carbocycles. The highest BCUT2D eigenvalue weighted by molar-refractivity contribution is 14.0. The lowest BCUT2D eigenvalue weighted by molar-refractivity contribution is -0.188. The fraction of sp³-hybridized carbons (Fsp3) is 0.778. The van der Waals surface area contributed by atoms with Crippen molar-refractivity contribution in [3.63, 3.8) is 0 Å². The molecule has 2 heterocycles. The number of halogens is 1. The van der Waals surface area contributed by atoms with Crippen molar-refractivity contribution in [3.05, 3.63) is 15.6 Å². The van der Waals surface area contributed by atoms with Crippen LogP contribution in [-0.2, 0) is 11.2 Å². The number of fused-ring (bicyclic) bond motifs is 1. The summed E-state index contributed by atoms with van der Waals surface area (Å²) < 4.78 is 5.99. The van der Waals surface area contributed by atoms with Gasteiger partial charge in [-0.2, -0.15) is 0 Å². The minimum atomic E-state index is 0. The van der Waals surface area contributed by atoms with Crippen LogP contribution in [0.5, 0.6) is 0 Å². The molecule has 5 nitrogen and oxygen atoms in total. The molecule has 0 spiro atoms. The van der Waals surface area contributed by atoms with E-state index in [1.54, 1.807) is 11.3 Å². The minimum absolute atomic E-state index is 0. The Morgan fingerprint density at radius 1 is 1.40 bits per heavy atom. The van der Waals surface area contributed by atoms with Crippen molar-refractivity contribution in [3.8, 4) is 0 Å². The third-order valence-corrected chi connectivity index (χ3v) is 6.62. The van der Waals surface area contributed by atoms with E-state index >= 15 is 0 Å². The average Bonchev–Trinajstić information content (AvgIpc) is 2.88. The van der Waals surface area contributed by atoms with E-state index < -0.39 is 0 Å². The molecule has 0 radical (unpaired) electrons. The average molecular weight is 478 g/mol. The summed E-state index contributed by atoms with van der Waals surface area (Å²) in [7, 11) is 1.85. The number of hydrogen-bond acceptors (Lipinski definition) is 4. The smallest absolute Gasteiger partial charge is 0.191 e. The zero-order valence-corrected chi connectivity index (χ0v) is 19.0. The predicted molar refractivity (Wildman–Crippen MR) is 115 cm³/mol. The lowest BCUT2D eigenvalue weighted by Crippen LogP contribution is -2.71. The molecule has 3 rings (SSSR count). The number of nitrogens with one attached hydrogen (secondary N) is 2. The van der Waals surface area contributed by atoms with Gasteiger partial charge >= 0.3 is 0 Å². The summed E-state index contributed by atoms with van der Waals surface area (Å²) in [5, 5.41) is 8.25. The molecule has 3 unspecified atom stereocenters. The van der Waals surface area contributed by atoms with Gasteiger partial charge in [0.05, 0.1) is 16.8 Å². The summed E-state index contributed by atoms with van der Waals surface area (Å²) in [4.78, 5) is 10.3. The number of aliphatic imine (C=N–C) groups is 1. The highest BCUT2D eigenvalue weighted by Gasteiger charge is 2.58. The Morgan fingerprint density at radius 2 is 2.16 bits per heavy atom. The lowest BCUT2D eigenvalue weighted by atomic mass is 9.55. The highest BCUT2D eigenvalue weighted by atomic mass is 127. The van der Waals surface area contributed by atoms with Crippen LogP contribution in [0.25, 0.3) is 0 Å². The molecule has 0 bridgehead atoms. The van der Waals surface area contributed by atoms with Crippen molar-refractivity contribution in [2.45, 2.75) is 59.1 Å². The van der Waals surface area contributed by atoms with Gasteiger partial charge in [-0.25, -0.2) is 4.98 Å². The van der Waals surface area contributed by atoms with Crippen LogP contribution < -0.4 is 10.6 Å². The van der Waals surface area contributed by atoms with E-state index in [4.69, 9.17) is 4.74 Å². The zero-order valence-electron chi connectivity index (χ0n) is 15.9. The van der Waals surface area contributed by atoms with E-state index in [2.05, 4.69) is 48.3 Å².